The maximum Gasteiger partial charge on any atom is 0.272 e. The Labute approximate surface area is 272 Å². The first-order valence-corrected chi connectivity index (χ1v) is 15.0. The largest absolute Gasteiger partial charge is 0.497 e. The van der Waals surface area contributed by atoms with Crippen LogP contribution in [0.2, 0.25) is 0 Å². The van der Waals surface area contributed by atoms with E-state index in [0.29, 0.717) is 45.5 Å². The highest BCUT2D eigenvalue weighted by Crippen LogP contribution is 2.32. The minimum absolute atomic E-state index is 0.0142. The van der Waals surface area contributed by atoms with Crippen molar-refractivity contribution in [2.75, 3.05) is 39.1 Å². The Kier molecular flexibility index (Phi) is 11.7. The number of hydrogen-bond acceptors (Lipinski definition) is 8. The number of methoxy groups -OCH3 is 4. The zero-order valence-corrected chi connectivity index (χ0v) is 26.9. The lowest BCUT2D eigenvalue weighted by Gasteiger charge is -2.16. The van der Waals surface area contributed by atoms with E-state index in [2.05, 4.69) is 16.0 Å². The number of carbonyl (C=O) groups excluding carboxylic acids is 3. The first kappa shape index (κ1) is 33.5. The molecule has 4 aromatic rings. The van der Waals surface area contributed by atoms with Crippen LogP contribution in [0.1, 0.15) is 22.8 Å². The van der Waals surface area contributed by atoms with E-state index >= 15 is 0 Å². The third-order valence-electron chi connectivity index (χ3n) is 6.71. The zero-order valence-electron chi connectivity index (χ0n) is 26.1. The van der Waals surface area contributed by atoms with Gasteiger partial charge in [-0.1, -0.05) is 24.3 Å². The predicted molar refractivity (Wildman–Crippen MR) is 180 cm³/mol. The van der Waals surface area contributed by atoms with Gasteiger partial charge in [-0.3, -0.25) is 14.4 Å². The molecule has 0 saturated carbocycles. The summed E-state index contributed by atoms with van der Waals surface area (Å²) >= 11 is 1.32. The number of rotatable bonds is 13. The predicted octanol–water partition coefficient (Wildman–Crippen LogP) is 6.25. The van der Waals surface area contributed by atoms with Gasteiger partial charge < -0.3 is 34.9 Å². The maximum atomic E-state index is 13.6. The van der Waals surface area contributed by atoms with Crippen LogP contribution in [-0.2, 0) is 9.59 Å². The highest BCUT2D eigenvalue weighted by Gasteiger charge is 2.19. The molecular weight excluding hydrogens is 606 g/mol. The SMILES string of the molecule is COc1ccc(OC)c(/C=C(/NC(=O)c2ccccc2)C(=O)Nc2cccc(SC(C)C(=O)Nc3ccc(OC)cc3OC)c2)c1. The molecule has 0 radical (unpaired) electrons. The lowest BCUT2D eigenvalue weighted by atomic mass is 10.1. The van der Waals surface area contributed by atoms with E-state index in [1.807, 2.05) is 6.07 Å². The van der Waals surface area contributed by atoms with Gasteiger partial charge in [0, 0.05) is 27.8 Å². The second-order valence-corrected chi connectivity index (χ2v) is 11.2. The molecule has 1 unspecified atom stereocenters. The number of anilines is 2. The van der Waals surface area contributed by atoms with Crippen molar-refractivity contribution in [3.05, 3.63) is 108 Å². The van der Waals surface area contributed by atoms with Crippen LogP contribution in [0.15, 0.2) is 102 Å². The van der Waals surface area contributed by atoms with Crippen molar-refractivity contribution >= 4 is 46.9 Å². The van der Waals surface area contributed by atoms with Crippen molar-refractivity contribution in [1.82, 2.24) is 5.32 Å². The van der Waals surface area contributed by atoms with Crippen molar-refractivity contribution in [3.63, 3.8) is 0 Å². The number of ether oxygens (including phenoxy) is 4. The molecule has 3 N–H and O–H groups in total. The van der Waals surface area contributed by atoms with Gasteiger partial charge in [-0.05, 0) is 73.7 Å². The second-order valence-electron chi connectivity index (χ2n) is 9.78. The molecule has 10 nitrogen and oxygen atoms in total. The fraction of sp³-hybridized carbons (Fsp3) is 0.171. The monoisotopic (exact) mass is 641 g/mol. The fourth-order valence-electron chi connectivity index (χ4n) is 4.29. The van der Waals surface area contributed by atoms with Gasteiger partial charge in [0.05, 0.1) is 39.4 Å². The molecule has 238 valence electrons. The standard InChI is InChI=1S/C35H35N3O7S/c1-22(33(39)37-29-16-14-27(43-3)21-32(29)45-5)46-28-13-9-12-25(20-28)36-35(41)30(38-34(40)23-10-7-6-8-11-23)19-24-18-26(42-2)15-17-31(24)44-4/h6-22H,1-5H3,(H,36,41)(H,37,39)(H,38,40)/b30-19+. The Hall–Kier alpha value is -5.42. The smallest absolute Gasteiger partial charge is 0.272 e. The fourth-order valence-corrected chi connectivity index (χ4v) is 5.22. The van der Waals surface area contributed by atoms with Crippen LogP contribution >= 0.6 is 11.8 Å². The summed E-state index contributed by atoms with van der Waals surface area (Å²) in [7, 11) is 6.12. The summed E-state index contributed by atoms with van der Waals surface area (Å²) in [6.07, 6.45) is 1.52. The van der Waals surface area contributed by atoms with Crippen LogP contribution in [0.3, 0.4) is 0 Å². The average Bonchev–Trinajstić information content (AvgIpc) is 3.08. The first-order valence-electron chi connectivity index (χ1n) is 14.2. The number of hydrogen-bond donors (Lipinski definition) is 3. The lowest BCUT2D eigenvalue weighted by Crippen LogP contribution is -2.30. The van der Waals surface area contributed by atoms with Crippen molar-refractivity contribution in [1.29, 1.82) is 0 Å². The molecular formula is C35H35N3O7S. The minimum Gasteiger partial charge on any atom is -0.497 e. The summed E-state index contributed by atoms with van der Waals surface area (Å²) in [4.78, 5) is 40.5. The van der Waals surface area contributed by atoms with E-state index in [9.17, 15) is 14.4 Å². The van der Waals surface area contributed by atoms with Gasteiger partial charge in [-0.2, -0.15) is 0 Å². The normalized spacial score (nSPS) is 11.5. The van der Waals surface area contributed by atoms with Gasteiger partial charge in [0.1, 0.15) is 28.7 Å². The van der Waals surface area contributed by atoms with Crippen molar-refractivity contribution in [3.8, 4) is 23.0 Å². The molecule has 0 bridgehead atoms. The molecule has 0 aliphatic heterocycles. The summed E-state index contributed by atoms with van der Waals surface area (Å²) in [5.41, 5.74) is 1.89. The summed E-state index contributed by atoms with van der Waals surface area (Å²) in [5.74, 6) is 0.868. The Balaban J connectivity index is 1.53. The number of amides is 3. The molecule has 0 aliphatic rings. The van der Waals surface area contributed by atoms with Crippen LogP contribution in [0.5, 0.6) is 23.0 Å². The number of nitrogens with one attached hydrogen (secondary N) is 3. The molecule has 1 atom stereocenters. The van der Waals surface area contributed by atoms with Crippen LogP contribution in [0, 0.1) is 0 Å². The lowest BCUT2D eigenvalue weighted by molar-refractivity contribution is -0.115. The van der Waals surface area contributed by atoms with Crippen molar-refractivity contribution < 1.29 is 33.3 Å². The van der Waals surface area contributed by atoms with Gasteiger partial charge in [0.15, 0.2) is 0 Å². The van der Waals surface area contributed by atoms with Crippen LogP contribution < -0.4 is 34.9 Å². The average molecular weight is 642 g/mol. The van der Waals surface area contributed by atoms with E-state index in [-0.39, 0.29) is 11.6 Å². The number of benzene rings is 4. The Morgan fingerprint density at radius 2 is 1.41 bits per heavy atom. The number of thioether (sulfide) groups is 1. The molecule has 4 rings (SSSR count). The highest BCUT2D eigenvalue weighted by atomic mass is 32.2. The van der Waals surface area contributed by atoms with E-state index in [1.54, 1.807) is 99.0 Å². The highest BCUT2D eigenvalue weighted by molar-refractivity contribution is 8.00. The Morgan fingerprint density at radius 3 is 2.11 bits per heavy atom. The molecule has 3 amide bonds. The third kappa shape index (κ3) is 8.82. The van der Waals surface area contributed by atoms with Crippen LogP contribution in [0.4, 0.5) is 11.4 Å². The Morgan fingerprint density at radius 1 is 0.717 bits per heavy atom. The summed E-state index contributed by atoms with van der Waals surface area (Å²) < 4.78 is 21.4. The molecule has 0 spiro atoms. The second kappa shape index (κ2) is 16.1. The maximum absolute atomic E-state index is 13.6. The van der Waals surface area contributed by atoms with Crippen molar-refractivity contribution in [2.45, 2.75) is 17.1 Å². The zero-order chi connectivity index (χ0) is 33.1. The quantitative estimate of drug-likeness (QED) is 0.116. The van der Waals surface area contributed by atoms with Gasteiger partial charge in [0.25, 0.3) is 11.8 Å². The van der Waals surface area contributed by atoms with E-state index in [1.165, 1.54) is 39.2 Å². The van der Waals surface area contributed by atoms with Gasteiger partial charge in [-0.25, -0.2) is 0 Å². The summed E-state index contributed by atoms with van der Waals surface area (Å²) in [5, 5.41) is 7.99. The third-order valence-corrected chi connectivity index (χ3v) is 7.80. The molecule has 0 aliphatic carbocycles. The van der Waals surface area contributed by atoms with Crippen LogP contribution in [-0.4, -0.2) is 51.4 Å². The van der Waals surface area contributed by atoms with Gasteiger partial charge in [-0.15, -0.1) is 11.8 Å². The number of carbonyl (C=O) groups is 3. The van der Waals surface area contributed by atoms with E-state index < -0.39 is 17.1 Å². The molecule has 4 aromatic carbocycles. The molecule has 0 aromatic heterocycles. The van der Waals surface area contributed by atoms with E-state index in [0.717, 1.165) is 4.90 Å². The van der Waals surface area contributed by atoms with Crippen molar-refractivity contribution in [2.24, 2.45) is 0 Å². The molecule has 0 fully saturated rings. The Bertz CT molecular complexity index is 1730. The molecule has 46 heavy (non-hydrogen) atoms. The van der Waals surface area contributed by atoms with Gasteiger partial charge in [0.2, 0.25) is 5.91 Å². The topological polar surface area (TPSA) is 124 Å². The van der Waals surface area contributed by atoms with Crippen LogP contribution in [0.25, 0.3) is 6.08 Å². The summed E-state index contributed by atoms with van der Waals surface area (Å²) in [6, 6.07) is 25.9. The summed E-state index contributed by atoms with van der Waals surface area (Å²) in [6.45, 7) is 1.78. The van der Waals surface area contributed by atoms with Gasteiger partial charge >= 0.3 is 0 Å². The molecule has 11 heteroatoms. The molecule has 0 saturated heterocycles. The first-order chi connectivity index (χ1) is 22.2. The van der Waals surface area contributed by atoms with E-state index in [4.69, 9.17) is 18.9 Å². The minimum atomic E-state index is -0.561. The molecule has 0 heterocycles.